The van der Waals surface area contributed by atoms with Gasteiger partial charge in [-0.2, -0.15) is 0 Å². The van der Waals surface area contributed by atoms with Crippen molar-refractivity contribution in [1.29, 1.82) is 0 Å². The number of aromatic nitrogens is 2. The Labute approximate surface area is 268 Å². The molecule has 3 aromatic carbocycles. The van der Waals surface area contributed by atoms with E-state index >= 15 is 0 Å². The fourth-order valence-electron chi connectivity index (χ4n) is 5.11. The van der Waals surface area contributed by atoms with Crippen molar-refractivity contribution >= 4 is 46.3 Å². The number of carbonyl (C=O) groups excluding carboxylic acids is 2. The molecule has 5 rings (SSSR count). The standard InChI is InChI=1S/C34H38N8O4/c1-4-33(44)38-26-11-8-12-28(19-26)42(34(45)35-22-25-9-6-5-7-10-25)32-21-31(36-23-37-32)39-29-14-13-27(20-30(29)46-3)41-17-15-40(16-18-41)24(2)43/h4-14,19-21,23,33,38,44H,1,15-18,22H2,2-3H3,(H,35,45)(H,36,37,39). The monoisotopic (exact) mass is 622 g/mol. The van der Waals surface area contributed by atoms with Crippen LogP contribution < -0.4 is 30.5 Å². The van der Waals surface area contributed by atoms with Gasteiger partial charge in [-0.05, 0) is 42.0 Å². The molecule has 0 bridgehead atoms. The molecule has 2 heterocycles. The van der Waals surface area contributed by atoms with Crippen LogP contribution in [0.3, 0.4) is 0 Å². The molecule has 1 aliphatic rings. The summed E-state index contributed by atoms with van der Waals surface area (Å²) in [5.74, 6) is 1.47. The maximum absolute atomic E-state index is 13.7. The third-order valence-corrected chi connectivity index (χ3v) is 7.55. The second kappa shape index (κ2) is 14.9. The minimum atomic E-state index is -0.961. The minimum absolute atomic E-state index is 0.0871. The van der Waals surface area contributed by atoms with Crippen molar-refractivity contribution in [1.82, 2.24) is 20.2 Å². The van der Waals surface area contributed by atoms with Gasteiger partial charge in [0, 0.05) is 63.2 Å². The molecule has 1 fully saturated rings. The van der Waals surface area contributed by atoms with Crippen LogP contribution in [-0.2, 0) is 11.3 Å². The average molecular weight is 623 g/mol. The lowest BCUT2D eigenvalue weighted by atomic mass is 10.2. The molecular formula is C34H38N8O4. The van der Waals surface area contributed by atoms with Gasteiger partial charge >= 0.3 is 6.03 Å². The number of hydrogen-bond donors (Lipinski definition) is 4. The SMILES string of the molecule is C=CC(O)Nc1cccc(N(C(=O)NCc2ccccc2)c2cc(Nc3ccc(N4CCN(C(C)=O)CC4)cc3OC)ncn2)c1. The van der Waals surface area contributed by atoms with Gasteiger partial charge in [-0.15, -0.1) is 0 Å². The number of nitrogens with one attached hydrogen (secondary N) is 3. The number of amides is 3. The van der Waals surface area contributed by atoms with Crippen molar-refractivity contribution in [3.8, 4) is 5.75 Å². The Kier molecular flexibility index (Phi) is 10.3. The van der Waals surface area contributed by atoms with E-state index in [-0.39, 0.29) is 5.91 Å². The molecule has 1 unspecified atom stereocenters. The largest absolute Gasteiger partial charge is 0.494 e. The lowest BCUT2D eigenvalue weighted by Crippen LogP contribution is -2.48. The molecule has 0 aliphatic carbocycles. The molecule has 0 radical (unpaired) electrons. The molecule has 1 aromatic heterocycles. The van der Waals surface area contributed by atoms with E-state index in [1.165, 1.54) is 17.3 Å². The van der Waals surface area contributed by atoms with Gasteiger partial charge in [-0.25, -0.2) is 19.7 Å². The van der Waals surface area contributed by atoms with E-state index in [0.29, 0.717) is 54.1 Å². The zero-order chi connectivity index (χ0) is 32.5. The van der Waals surface area contributed by atoms with Crippen LogP contribution in [0.5, 0.6) is 5.75 Å². The highest BCUT2D eigenvalue weighted by atomic mass is 16.5. The molecule has 0 spiro atoms. The molecule has 46 heavy (non-hydrogen) atoms. The number of aliphatic hydroxyl groups excluding tert-OH is 1. The lowest BCUT2D eigenvalue weighted by Gasteiger charge is -2.35. The molecule has 12 nitrogen and oxygen atoms in total. The molecule has 4 aromatic rings. The summed E-state index contributed by atoms with van der Waals surface area (Å²) in [6.07, 6.45) is 1.79. The van der Waals surface area contributed by atoms with Crippen molar-refractivity contribution in [2.24, 2.45) is 0 Å². The van der Waals surface area contributed by atoms with Gasteiger partial charge in [-0.1, -0.05) is 43.0 Å². The number of benzene rings is 3. The summed E-state index contributed by atoms with van der Waals surface area (Å²) in [7, 11) is 1.60. The van der Waals surface area contributed by atoms with Crippen LogP contribution in [-0.4, -0.2) is 71.4 Å². The molecule has 12 heteroatoms. The predicted octanol–water partition coefficient (Wildman–Crippen LogP) is 4.86. The Morgan fingerprint density at radius 1 is 1.02 bits per heavy atom. The summed E-state index contributed by atoms with van der Waals surface area (Å²) in [6, 6.07) is 23.8. The van der Waals surface area contributed by atoms with Crippen molar-refractivity contribution < 1.29 is 19.4 Å². The van der Waals surface area contributed by atoms with Gasteiger partial charge in [0.2, 0.25) is 5.91 Å². The second-order valence-electron chi connectivity index (χ2n) is 10.6. The quantitative estimate of drug-likeness (QED) is 0.137. The van der Waals surface area contributed by atoms with Gasteiger partial charge in [0.05, 0.1) is 18.5 Å². The van der Waals surface area contributed by atoms with E-state index in [0.717, 1.165) is 24.3 Å². The first-order valence-corrected chi connectivity index (χ1v) is 14.9. The summed E-state index contributed by atoms with van der Waals surface area (Å²) in [6.45, 7) is 8.32. The molecule has 4 N–H and O–H groups in total. The third kappa shape index (κ3) is 7.90. The smallest absolute Gasteiger partial charge is 0.327 e. The molecule has 3 amide bonds. The number of hydrogen-bond acceptors (Lipinski definition) is 9. The Bertz CT molecular complexity index is 1660. The lowest BCUT2D eigenvalue weighted by molar-refractivity contribution is -0.129. The van der Waals surface area contributed by atoms with E-state index in [1.54, 1.807) is 44.4 Å². The van der Waals surface area contributed by atoms with Crippen molar-refractivity contribution in [3.05, 3.63) is 103 Å². The molecule has 1 atom stereocenters. The van der Waals surface area contributed by atoms with Gasteiger partial charge in [0.1, 0.15) is 29.9 Å². The Hall–Kier alpha value is -5.62. The molecule has 0 saturated carbocycles. The number of urea groups is 1. The summed E-state index contributed by atoms with van der Waals surface area (Å²) in [5.41, 5.74) is 3.73. The van der Waals surface area contributed by atoms with Crippen LogP contribution in [0.15, 0.2) is 97.8 Å². The molecule has 1 aliphatic heterocycles. The summed E-state index contributed by atoms with van der Waals surface area (Å²) in [5, 5.41) is 19.2. The van der Waals surface area contributed by atoms with Crippen LogP contribution in [0.2, 0.25) is 0 Å². The third-order valence-electron chi connectivity index (χ3n) is 7.55. The topological polar surface area (TPSA) is 135 Å². The van der Waals surface area contributed by atoms with Gasteiger partial charge < -0.3 is 35.6 Å². The fourth-order valence-corrected chi connectivity index (χ4v) is 5.11. The molecular weight excluding hydrogens is 584 g/mol. The zero-order valence-corrected chi connectivity index (χ0v) is 25.9. The summed E-state index contributed by atoms with van der Waals surface area (Å²) >= 11 is 0. The van der Waals surface area contributed by atoms with Crippen LogP contribution in [0.4, 0.5) is 39.2 Å². The van der Waals surface area contributed by atoms with Crippen LogP contribution in [0.25, 0.3) is 0 Å². The number of carbonyl (C=O) groups is 2. The Morgan fingerprint density at radius 2 is 1.80 bits per heavy atom. The normalized spacial score (nSPS) is 13.4. The van der Waals surface area contributed by atoms with E-state index in [4.69, 9.17) is 4.74 Å². The number of methoxy groups -OCH3 is 1. The highest BCUT2D eigenvalue weighted by Gasteiger charge is 2.22. The number of rotatable bonds is 11. The minimum Gasteiger partial charge on any atom is -0.494 e. The van der Waals surface area contributed by atoms with Crippen LogP contribution in [0, 0.1) is 0 Å². The van der Waals surface area contributed by atoms with Crippen LogP contribution >= 0.6 is 0 Å². The number of piperazine rings is 1. The van der Waals surface area contributed by atoms with Gasteiger partial charge in [-0.3, -0.25) is 4.79 Å². The maximum Gasteiger partial charge on any atom is 0.327 e. The average Bonchev–Trinajstić information content (AvgIpc) is 3.08. The predicted molar refractivity (Wildman–Crippen MR) is 180 cm³/mol. The zero-order valence-electron chi connectivity index (χ0n) is 25.9. The van der Waals surface area contributed by atoms with Crippen molar-refractivity contribution in [2.45, 2.75) is 19.7 Å². The first-order chi connectivity index (χ1) is 22.3. The number of nitrogens with zero attached hydrogens (tertiary/aromatic N) is 5. The number of anilines is 6. The second-order valence-corrected chi connectivity index (χ2v) is 10.6. The fraction of sp³-hybridized carbons (Fsp3) is 0.235. The Morgan fingerprint density at radius 3 is 2.52 bits per heavy atom. The Balaban J connectivity index is 1.40. The van der Waals surface area contributed by atoms with Crippen molar-refractivity contribution in [2.75, 3.05) is 53.7 Å². The summed E-state index contributed by atoms with van der Waals surface area (Å²) in [4.78, 5) is 39.8. The van der Waals surface area contributed by atoms with Gasteiger partial charge in [0.15, 0.2) is 0 Å². The highest BCUT2D eigenvalue weighted by molar-refractivity contribution is 5.99. The summed E-state index contributed by atoms with van der Waals surface area (Å²) < 4.78 is 5.72. The maximum atomic E-state index is 13.7. The highest BCUT2D eigenvalue weighted by Crippen LogP contribution is 2.34. The molecule has 1 saturated heterocycles. The number of ether oxygens (including phenoxy) is 1. The van der Waals surface area contributed by atoms with Gasteiger partial charge in [0.25, 0.3) is 0 Å². The number of aliphatic hydroxyl groups is 1. The first-order valence-electron chi connectivity index (χ1n) is 14.9. The van der Waals surface area contributed by atoms with E-state index in [9.17, 15) is 14.7 Å². The van der Waals surface area contributed by atoms with Crippen molar-refractivity contribution in [3.63, 3.8) is 0 Å². The molecule has 238 valence electrons. The van der Waals surface area contributed by atoms with E-state index in [2.05, 4.69) is 37.4 Å². The van der Waals surface area contributed by atoms with Crippen LogP contribution in [0.1, 0.15) is 12.5 Å². The first kappa shape index (κ1) is 31.8. The van der Waals surface area contributed by atoms with E-state index < -0.39 is 12.3 Å². The van der Waals surface area contributed by atoms with E-state index in [1.807, 2.05) is 53.4 Å².